The van der Waals surface area contributed by atoms with Gasteiger partial charge < -0.3 is 5.11 Å². The minimum absolute atomic E-state index is 0.309. The van der Waals surface area contributed by atoms with Crippen LogP contribution in [0.3, 0.4) is 0 Å². The molecule has 1 aromatic heterocycles. The largest absolute Gasteiger partial charge is 0.477 e. The molecule has 0 aliphatic carbocycles. The van der Waals surface area contributed by atoms with Gasteiger partial charge in [0, 0.05) is 18.0 Å². The molecule has 0 radical (unpaired) electrons. The van der Waals surface area contributed by atoms with E-state index >= 15 is 0 Å². The average Bonchev–Trinajstić information content (AvgIpc) is 2.33. The monoisotopic (exact) mass is 270 g/mol. The molecule has 0 aromatic carbocycles. The van der Waals surface area contributed by atoms with Gasteiger partial charge in [-0.3, -0.25) is 14.3 Å². The van der Waals surface area contributed by atoms with Crippen molar-refractivity contribution in [1.82, 2.24) is 9.55 Å². The minimum Gasteiger partial charge on any atom is -0.477 e. The summed E-state index contributed by atoms with van der Waals surface area (Å²) in [5.41, 5.74) is -1.79. The number of rotatable bonds is 3. The Hall–Kier alpha value is -1.50. The van der Waals surface area contributed by atoms with Crippen molar-refractivity contribution in [2.75, 3.05) is 5.75 Å². The van der Waals surface area contributed by atoms with E-state index in [1.165, 1.54) is 11.0 Å². The van der Waals surface area contributed by atoms with Crippen molar-refractivity contribution in [3.63, 3.8) is 0 Å². The van der Waals surface area contributed by atoms with Crippen molar-refractivity contribution in [3.05, 3.63) is 32.6 Å². The van der Waals surface area contributed by atoms with Crippen molar-refractivity contribution in [2.24, 2.45) is 0 Å². The van der Waals surface area contributed by atoms with Crippen molar-refractivity contribution in [3.8, 4) is 0 Å². The molecule has 1 fully saturated rings. The summed E-state index contributed by atoms with van der Waals surface area (Å²) in [6.07, 6.45) is 4.46. The normalized spacial score (nSPS) is 19.7. The first-order chi connectivity index (χ1) is 8.58. The van der Waals surface area contributed by atoms with Gasteiger partial charge in [0.2, 0.25) is 0 Å². The number of carboxylic acid groups (broad SMARTS) is 1. The zero-order valence-corrected chi connectivity index (χ0v) is 10.5. The van der Waals surface area contributed by atoms with Gasteiger partial charge in [-0.05, 0) is 18.6 Å². The van der Waals surface area contributed by atoms with E-state index in [1.54, 1.807) is 11.8 Å². The number of hydrogen-bond acceptors (Lipinski definition) is 4. The van der Waals surface area contributed by atoms with Crippen LogP contribution in [0.2, 0.25) is 0 Å². The Balaban J connectivity index is 2.26. The summed E-state index contributed by atoms with van der Waals surface area (Å²) >= 11 is 1.79. The highest BCUT2D eigenvalue weighted by atomic mass is 32.2. The van der Waals surface area contributed by atoms with Crippen LogP contribution in [0.4, 0.5) is 0 Å². The third kappa shape index (κ3) is 2.84. The molecule has 2 N–H and O–H groups in total. The van der Waals surface area contributed by atoms with Crippen LogP contribution < -0.4 is 11.2 Å². The van der Waals surface area contributed by atoms with Gasteiger partial charge in [-0.15, -0.1) is 0 Å². The molecule has 18 heavy (non-hydrogen) atoms. The lowest BCUT2D eigenvalue weighted by Crippen LogP contribution is -2.35. The highest BCUT2D eigenvalue weighted by molar-refractivity contribution is 7.99. The number of H-pyrrole nitrogens is 1. The van der Waals surface area contributed by atoms with Crippen LogP contribution >= 0.6 is 11.8 Å². The van der Waals surface area contributed by atoms with Gasteiger partial charge >= 0.3 is 11.7 Å². The number of aromatic nitrogens is 2. The number of nitrogens with zero attached hydrogens (tertiary/aromatic N) is 1. The number of aromatic amines is 1. The second kappa shape index (κ2) is 5.43. The molecule has 1 unspecified atom stereocenters. The summed E-state index contributed by atoms with van der Waals surface area (Å²) in [5.74, 6) is -0.254. The number of carboxylic acids is 1. The Morgan fingerprint density at radius 3 is 2.89 bits per heavy atom. The minimum atomic E-state index is -1.32. The van der Waals surface area contributed by atoms with E-state index in [2.05, 4.69) is 0 Å². The molecule has 98 valence electrons. The Labute approximate surface area is 107 Å². The fourth-order valence-electron chi connectivity index (χ4n) is 1.97. The highest BCUT2D eigenvalue weighted by Gasteiger charge is 2.17. The fourth-order valence-corrected chi connectivity index (χ4v) is 3.27. The van der Waals surface area contributed by atoms with Crippen molar-refractivity contribution in [2.45, 2.75) is 31.1 Å². The van der Waals surface area contributed by atoms with Crippen LogP contribution in [-0.2, 0) is 6.54 Å². The van der Waals surface area contributed by atoms with Gasteiger partial charge in [0.05, 0.1) is 0 Å². The van der Waals surface area contributed by atoms with Gasteiger partial charge in [0.1, 0.15) is 5.56 Å². The molecule has 0 spiro atoms. The average molecular weight is 270 g/mol. The Morgan fingerprint density at radius 1 is 1.50 bits per heavy atom. The number of aromatic carboxylic acids is 1. The van der Waals surface area contributed by atoms with Crippen LogP contribution in [0.25, 0.3) is 0 Å². The maximum Gasteiger partial charge on any atom is 0.342 e. The van der Waals surface area contributed by atoms with Gasteiger partial charge in [-0.2, -0.15) is 11.8 Å². The smallest absolute Gasteiger partial charge is 0.342 e. The molecule has 1 atom stereocenters. The van der Waals surface area contributed by atoms with E-state index < -0.39 is 22.8 Å². The van der Waals surface area contributed by atoms with E-state index in [1.807, 2.05) is 4.98 Å². The summed E-state index contributed by atoms with van der Waals surface area (Å²) < 4.78 is 1.29. The predicted molar refractivity (Wildman–Crippen MR) is 68.4 cm³/mol. The predicted octanol–water partition coefficient (Wildman–Crippen LogP) is 0.520. The molecule has 1 aliphatic heterocycles. The molecule has 0 amide bonds. The summed E-state index contributed by atoms with van der Waals surface area (Å²) in [6.45, 7) is 0.445. The van der Waals surface area contributed by atoms with E-state index in [0.717, 1.165) is 24.8 Å². The summed E-state index contributed by atoms with van der Waals surface area (Å²) in [4.78, 5) is 35.7. The molecule has 1 aromatic rings. The SMILES string of the molecule is O=C(O)c1cn(CC2CCCCS2)c(=O)[nH]c1=O. The first-order valence-corrected chi connectivity index (χ1v) is 6.81. The number of nitrogens with one attached hydrogen (secondary N) is 1. The van der Waals surface area contributed by atoms with Crippen LogP contribution in [0.1, 0.15) is 29.6 Å². The number of thioether (sulfide) groups is 1. The van der Waals surface area contributed by atoms with Crippen molar-refractivity contribution < 1.29 is 9.90 Å². The van der Waals surface area contributed by atoms with Gasteiger partial charge in [-0.1, -0.05) is 6.42 Å². The fraction of sp³-hybridized carbons (Fsp3) is 0.545. The maximum atomic E-state index is 11.6. The lowest BCUT2D eigenvalue weighted by molar-refractivity contribution is 0.0693. The zero-order valence-electron chi connectivity index (χ0n) is 9.72. The first-order valence-electron chi connectivity index (χ1n) is 5.76. The quantitative estimate of drug-likeness (QED) is 0.835. The van der Waals surface area contributed by atoms with Crippen LogP contribution in [0, 0.1) is 0 Å². The molecular formula is C11H14N2O4S. The molecular weight excluding hydrogens is 256 g/mol. The van der Waals surface area contributed by atoms with E-state index in [0.29, 0.717) is 11.8 Å². The lowest BCUT2D eigenvalue weighted by Gasteiger charge is -2.21. The lowest BCUT2D eigenvalue weighted by atomic mass is 10.2. The summed E-state index contributed by atoms with van der Waals surface area (Å²) in [7, 11) is 0. The first kappa shape index (κ1) is 12.9. The molecule has 6 nitrogen and oxygen atoms in total. The second-order valence-corrected chi connectivity index (χ2v) is 5.66. The Bertz CT molecular complexity index is 557. The number of carbonyl (C=O) groups is 1. The standard InChI is InChI=1S/C11H14N2O4S/c14-9-8(10(15)16)6-13(11(17)12-9)5-7-3-1-2-4-18-7/h6-7H,1-5H2,(H,15,16)(H,12,14,17). The Morgan fingerprint density at radius 2 is 2.28 bits per heavy atom. The molecule has 0 bridgehead atoms. The molecule has 0 saturated carbocycles. The van der Waals surface area contributed by atoms with Gasteiger partial charge in [0.15, 0.2) is 0 Å². The summed E-state index contributed by atoms with van der Waals surface area (Å²) in [5, 5.41) is 9.16. The van der Waals surface area contributed by atoms with Crippen molar-refractivity contribution in [1.29, 1.82) is 0 Å². The molecule has 2 rings (SSSR count). The molecule has 7 heteroatoms. The second-order valence-electron chi connectivity index (χ2n) is 4.25. The van der Waals surface area contributed by atoms with E-state index in [9.17, 15) is 14.4 Å². The van der Waals surface area contributed by atoms with E-state index in [-0.39, 0.29) is 0 Å². The topological polar surface area (TPSA) is 92.2 Å². The highest BCUT2D eigenvalue weighted by Crippen LogP contribution is 2.25. The van der Waals surface area contributed by atoms with E-state index in [4.69, 9.17) is 5.11 Å². The molecule has 1 saturated heterocycles. The Kier molecular flexibility index (Phi) is 3.90. The third-order valence-electron chi connectivity index (χ3n) is 2.92. The maximum absolute atomic E-state index is 11.6. The van der Waals surface area contributed by atoms with Gasteiger partial charge in [0.25, 0.3) is 5.56 Å². The summed E-state index contributed by atoms with van der Waals surface area (Å²) in [6, 6.07) is 0. The molecule has 1 aliphatic rings. The molecule has 2 heterocycles. The van der Waals surface area contributed by atoms with Gasteiger partial charge in [-0.25, -0.2) is 9.59 Å². The van der Waals surface area contributed by atoms with Crippen LogP contribution in [0.5, 0.6) is 0 Å². The van der Waals surface area contributed by atoms with Crippen molar-refractivity contribution >= 4 is 17.7 Å². The third-order valence-corrected chi connectivity index (χ3v) is 4.30. The van der Waals surface area contributed by atoms with Crippen LogP contribution in [-0.4, -0.2) is 31.6 Å². The zero-order chi connectivity index (χ0) is 13.1. The number of hydrogen-bond donors (Lipinski definition) is 2. The van der Waals surface area contributed by atoms with Crippen LogP contribution in [0.15, 0.2) is 15.8 Å².